The van der Waals surface area contributed by atoms with Gasteiger partial charge in [0.2, 0.25) is 0 Å². The highest BCUT2D eigenvalue weighted by atomic mass is 32.2. The number of para-hydroxylation sites is 1. The van der Waals surface area contributed by atoms with Gasteiger partial charge in [-0.2, -0.15) is 0 Å². The number of thiophene rings is 1. The standard InChI is InChI=1S/C26H19FN2OS2/c1-17-22(18-10-4-2-5-11-18)23-24(32-17)28-26(31-16-19-12-8-9-15-21(19)27)29(25(23)30)20-13-6-3-7-14-20/h2-15H,16H2,1H3. The van der Waals surface area contributed by atoms with E-state index in [0.29, 0.717) is 26.7 Å². The molecule has 3 nitrogen and oxygen atoms in total. The molecule has 0 unspecified atom stereocenters. The fourth-order valence-electron chi connectivity index (χ4n) is 3.75. The number of fused-ring (bicyclic) bond motifs is 1. The zero-order valence-electron chi connectivity index (χ0n) is 17.3. The van der Waals surface area contributed by atoms with Crippen molar-refractivity contribution in [1.29, 1.82) is 0 Å². The van der Waals surface area contributed by atoms with Crippen LogP contribution in [0.2, 0.25) is 0 Å². The average molecular weight is 459 g/mol. The van der Waals surface area contributed by atoms with E-state index in [4.69, 9.17) is 4.98 Å². The summed E-state index contributed by atoms with van der Waals surface area (Å²) < 4.78 is 15.8. The van der Waals surface area contributed by atoms with Crippen LogP contribution in [0, 0.1) is 12.7 Å². The number of thioether (sulfide) groups is 1. The Morgan fingerprint density at radius 3 is 2.31 bits per heavy atom. The Morgan fingerprint density at radius 2 is 1.59 bits per heavy atom. The van der Waals surface area contributed by atoms with Crippen molar-refractivity contribution in [2.24, 2.45) is 0 Å². The van der Waals surface area contributed by atoms with E-state index in [1.54, 1.807) is 16.7 Å². The summed E-state index contributed by atoms with van der Waals surface area (Å²) in [6, 6.07) is 26.1. The molecule has 0 spiro atoms. The number of hydrogen-bond donors (Lipinski definition) is 0. The first kappa shape index (κ1) is 20.7. The first-order valence-electron chi connectivity index (χ1n) is 10.2. The lowest BCUT2D eigenvalue weighted by Gasteiger charge is -2.13. The summed E-state index contributed by atoms with van der Waals surface area (Å²) in [6.45, 7) is 2.02. The molecule has 0 saturated heterocycles. The molecule has 3 aromatic carbocycles. The Hall–Kier alpha value is -3.22. The first-order valence-corrected chi connectivity index (χ1v) is 12.0. The number of benzene rings is 3. The predicted molar refractivity (Wildman–Crippen MR) is 131 cm³/mol. The summed E-state index contributed by atoms with van der Waals surface area (Å²) in [5.41, 5.74) is 3.14. The lowest BCUT2D eigenvalue weighted by molar-refractivity contribution is 0.617. The molecule has 0 aliphatic carbocycles. The van der Waals surface area contributed by atoms with Crippen LogP contribution < -0.4 is 5.56 Å². The molecule has 0 N–H and O–H groups in total. The van der Waals surface area contributed by atoms with Crippen molar-refractivity contribution in [3.63, 3.8) is 0 Å². The van der Waals surface area contributed by atoms with Crippen LogP contribution in [0.5, 0.6) is 0 Å². The molecule has 0 bridgehead atoms. The van der Waals surface area contributed by atoms with Gasteiger partial charge in [-0.1, -0.05) is 78.5 Å². The Morgan fingerprint density at radius 1 is 0.938 bits per heavy atom. The minimum atomic E-state index is -0.256. The third-order valence-electron chi connectivity index (χ3n) is 5.26. The van der Waals surface area contributed by atoms with Gasteiger partial charge in [-0.3, -0.25) is 9.36 Å². The monoisotopic (exact) mass is 458 g/mol. The quantitative estimate of drug-likeness (QED) is 0.213. The van der Waals surface area contributed by atoms with E-state index in [2.05, 4.69) is 0 Å². The van der Waals surface area contributed by atoms with Crippen molar-refractivity contribution in [2.75, 3.05) is 0 Å². The Balaban J connectivity index is 1.72. The predicted octanol–water partition coefficient (Wildman–Crippen LogP) is 6.85. The first-order chi connectivity index (χ1) is 15.6. The van der Waals surface area contributed by atoms with Crippen LogP contribution in [0.15, 0.2) is 94.9 Å². The summed E-state index contributed by atoms with van der Waals surface area (Å²) in [5, 5.41) is 1.18. The molecular formula is C26H19FN2OS2. The van der Waals surface area contributed by atoms with Gasteiger partial charge in [-0.15, -0.1) is 11.3 Å². The van der Waals surface area contributed by atoms with Crippen molar-refractivity contribution in [1.82, 2.24) is 9.55 Å². The largest absolute Gasteiger partial charge is 0.268 e. The van der Waals surface area contributed by atoms with Crippen molar-refractivity contribution < 1.29 is 4.39 Å². The second kappa shape index (κ2) is 8.73. The number of halogens is 1. The van der Waals surface area contributed by atoms with Gasteiger partial charge in [0.05, 0.1) is 11.1 Å². The van der Waals surface area contributed by atoms with Crippen LogP contribution in [0.4, 0.5) is 4.39 Å². The molecule has 2 aromatic heterocycles. The maximum absolute atomic E-state index is 14.2. The molecule has 6 heteroatoms. The minimum Gasteiger partial charge on any atom is -0.268 e. The van der Waals surface area contributed by atoms with Crippen molar-refractivity contribution in [2.45, 2.75) is 17.8 Å². The van der Waals surface area contributed by atoms with E-state index in [9.17, 15) is 9.18 Å². The maximum atomic E-state index is 14.2. The molecule has 0 aliphatic heterocycles. The highest BCUT2D eigenvalue weighted by molar-refractivity contribution is 7.98. The van der Waals surface area contributed by atoms with Gasteiger partial charge in [0.25, 0.3) is 5.56 Å². The van der Waals surface area contributed by atoms with Gasteiger partial charge in [0, 0.05) is 16.2 Å². The van der Waals surface area contributed by atoms with Gasteiger partial charge < -0.3 is 0 Å². The van der Waals surface area contributed by atoms with Gasteiger partial charge in [-0.05, 0) is 36.2 Å². The third kappa shape index (κ3) is 3.76. The summed E-state index contributed by atoms with van der Waals surface area (Å²) in [7, 11) is 0. The summed E-state index contributed by atoms with van der Waals surface area (Å²) >= 11 is 2.89. The summed E-state index contributed by atoms with van der Waals surface area (Å²) in [4.78, 5) is 20.5. The van der Waals surface area contributed by atoms with E-state index in [0.717, 1.165) is 21.7 Å². The number of aryl methyl sites for hydroxylation is 1. The third-order valence-corrected chi connectivity index (χ3v) is 7.25. The van der Waals surface area contributed by atoms with E-state index in [1.165, 1.54) is 29.2 Å². The highest BCUT2D eigenvalue weighted by Crippen LogP contribution is 2.37. The average Bonchev–Trinajstić information content (AvgIpc) is 3.16. The molecule has 0 saturated carbocycles. The minimum absolute atomic E-state index is 0.111. The lowest BCUT2D eigenvalue weighted by atomic mass is 10.0. The molecule has 0 aliphatic rings. The van der Waals surface area contributed by atoms with Gasteiger partial charge in [0.15, 0.2) is 5.16 Å². The second-order valence-electron chi connectivity index (χ2n) is 7.33. The van der Waals surface area contributed by atoms with Crippen LogP contribution in [-0.4, -0.2) is 9.55 Å². The zero-order chi connectivity index (χ0) is 22.1. The van der Waals surface area contributed by atoms with E-state index in [1.807, 2.05) is 73.7 Å². The fraction of sp³-hybridized carbons (Fsp3) is 0.0769. The van der Waals surface area contributed by atoms with Gasteiger partial charge in [0.1, 0.15) is 10.6 Å². The molecule has 5 aromatic rings. The van der Waals surface area contributed by atoms with Crippen LogP contribution in [0.1, 0.15) is 10.4 Å². The number of hydrogen-bond acceptors (Lipinski definition) is 4. The van der Waals surface area contributed by atoms with Crippen LogP contribution in [0.3, 0.4) is 0 Å². The molecule has 0 fully saturated rings. The second-order valence-corrected chi connectivity index (χ2v) is 9.48. The summed E-state index contributed by atoms with van der Waals surface area (Å²) in [5.74, 6) is 0.126. The van der Waals surface area contributed by atoms with Crippen LogP contribution in [-0.2, 0) is 5.75 Å². The molecular weight excluding hydrogens is 439 g/mol. The zero-order valence-corrected chi connectivity index (χ0v) is 18.9. The topological polar surface area (TPSA) is 34.9 Å². The number of aromatic nitrogens is 2. The molecule has 0 radical (unpaired) electrons. The highest BCUT2D eigenvalue weighted by Gasteiger charge is 2.21. The lowest BCUT2D eigenvalue weighted by Crippen LogP contribution is -2.21. The van der Waals surface area contributed by atoms with Crippen molar-refractivity contribution in [3.8, 4) is 16.8 Å². The Kier molecular flexibility index (Phi) is 5.64. The molecule has 32 heavy (non-hydrogen) atoms. The number of rotatable bonds is 5. The molecule has 0 atom stereocenters. The Labute approximate surface area is 193 Å². The molecule has 5 rings (SSSR count). The van der Waals surface area contributed by atoms with Crippen molar-refractivity contribution >= 4 is 33.3 Å². The molecule has 158 valence electrons. The fourth-order valence-corrected chi connectivity index (χ4v) is 5.84. The SMILES string of the molecule is Cc1sc2nc(SCc3ccccc3F)n(-c3ccccc3)c(=O)c2c1-c1ccccc1. The van der Waals surface area contributed by atoms with Crippen LogP contribution >= 0.6 is 23.1 Å². The smallest absolute Gasteiger partial charge is 0.268 e. The van der Waals surface area contributed by atoms with Crippen molar-refractivity contribution in [3.05, 3.63) is 112 Å². The summed E-state index contributed by atoms with van der Waals surface area (Å²) in [6.07, 6.45) is 0. The molecule has 2 heterocycles. The Bertz CT molecular complexity index is 1460. The van der Waals surface area contributed by atoms with Gasteiger partial charge in [-0.25, -0.2) is 9.37 Å². The van der Waals surface area contributed by atoms with E-state index < -0.39 is 0 Å². The van der Waals surface area contributed by atoms with Gasteiger partial charge >= 0.3 is 0 Å². The number of nitrogens with zero attached hydrogens (tertiary/aromatic N) is 2. The van der Waals surface area contributed by atoms with Crippen LogP contribution in [0.25, 0.3) is 27.0 Å². The van der Waals surface area contributed by atoms with E-state index >= 15 is 0 Å². The normalized spacial score (nSPS) is 11.2. The maximum Gasteiger partial charge on any atom is 0.268 e. The molecule has 0 amide bonds. The van der Waals surface area contributed by atoms with E-state index in [-0.39, 0.29) is 11.4 Å².